The molecule has 176 valence electrons. The van der Waals surface area contributed by atoms with Gasteiger partial charge in [-0.15, -0.1) is 0 Å². The van der Waals surface area contributed by atoms with Crippen LogP contribution >= 0.6 is 11.6 Å². The molecular weight excluding hydrogens is 456 g/mol. The van der Waals surface area contributed by atoms with E-state index in [2.05, 4.69) is 15.8 Å². The third-order valence-corrected chi connectivity index (χ3v) is 5.13. The lowest BCUT2D eigenvalue weighted by Gasteiger charge is -2.15. The Kier molecular flexibility index (Phi) is 8.75. The largest absolute Gasteiger partial charge is 0.508 e. The van der Waals surface area contributed by atoms with Crippen LogP contribution in [0.4, 0.5) is 5.69 Å². The molecule has 0 heterocycles. The highest BCUT2D eigenvalue weighted by Gasteiger charge is 2.15. The first-order valence-electron chi connectivity index (χ1n) is 10.5. The molecule has 0 aliphatic rings. The summed E-state index contributed by atoms with van der Waals surface area (Å²) < 4.78 is 0. The molecule has 0 fully saturated rings. The predicted octanol–water partition coefficient (Wildman–Crippen LogP) is 3.49. The average Bonchev–Trinajstić information content (AvgIpc) is 2.82. The summed E-state index contributed by atoms with van der Waals surface area (Å²) in [5, 5.41) is 25.3. The van der Waals surface area contributed by atoms with Gasteiger partial charge in [-0.2, -0.15) is 5.10 Å². The van der Waals surface area contributed by atoms with Crippen LogP contribution in [0.15, 0.2) is 71.8 Å². The van der Waals surface area contributed by atoms with Gasteiger partial charge in [-0.05, 0) is 72.8 Å². The van der Waals surface area contributed by atoms with Crippen LogP contribution < -0.4 is 10.7 Å². The third kappa shape index (κ3) is 7.14. The van der Waals surface area contributed by atoms with E-state index < -0.39 is 5.91 Å². The summed E-state index contributed by atoms with van der Waals surface area (Å²) in [5.41, 5.74) is 4.98. The molecule has 3 aromatic rings. The summed E-state index contributed by atoms with van der Waals surface area (Å²) in [5.74, 6) is -0.793. The van der Waals surface area contributed by atoms with Crippen molar-refractivity contribution in [1.29, 1.82) is 0 Å². The number of halogens is 1. The minimum absolute atomic E-state index is 0.0795. The Labute approximate surface area is 202 Å². The maximum atomic E-state index is 12.8. The van der Waals surface area contributed by atoms with E-state index in [4.69, 9.17) is 16.7 Å². The maximum Gasteiger partial charge on any atom is 0.273 e. The molecule has 3 aromatic carbocycles. The second kappa shape index (κ2) is 11.9. The van der Waals surface area contributed by atoms with Crippen LogP contribution in [0.25, 0.3) is 0 Å². The highest BCUT2D eigenvalue weighted by Crippen LogP contribution is 2.22. The second-order valence-corrected chi connectivity index (χ2v) is 8.03. The monoisotopic (exact) mass is 480 g/mol. The second-order valence-electron chi connectivity index (χ2n) is 7.59. The minimum Gasteiger partial charge on any atom is -0.508 e. The molecule has 0 radical (unpaired) electrons. The lowest BCUT2D eigenvalue weighted by atomic mass is 10.1. The molecule has 0 unspecified atom stereocenters. The number of hydrogen-bond donors (Lipinski definition) is 4. The maximum absolute atomic E-state index is 12.8. The number of aromatic hydroxyl groups is 1. The van der Waals surface area contributed by atoms with E-state index in [-0.39, 0.29) is 23.8 Å². The molecule has 0 bridgehead atoms. The quantitative estimate of drug-likeness (QED) is 0.276. The first kappa shape index (κ1) is 24.9. The molecule has 8 nitrogen and oxygen atoms in total. The minimum atomic E-state index is -0.546. The van der Waals surface area contributed by atoms with Crippen molar-refractivity contribution < 1.29 is 19.8 Å². The highest BCUT2D eigenvalue weighted by atomic mass is 35.5. The fourth-order valence-corrected chi connectivity index (χ4v) is 3.29. The lowest BCUT2D eigenvalue weighted by Crippen LogP contribution is -2.22. The molecule has 0 aliphatic carbocycles. The zero-order valence-corrected chi connectivity index (χ0v) is 19.3. The SMILES string of the molecule is CN(CCO)Cc1ccc(C(=O)Nc2ccc(Cl)cc2C(=O)NN=Cc2ccc(O)cc2)cc1. The number of anilines is 1. The molecule has 0 spiro atoms. The van der Waals surface area contributed by atoms with Gasteiger partial charge in [0.05, 0.1) is 24.1 Å². The number of hydrogen-bond acceptors (Lipinski definition) is 6. The van der Waals surface area contributed by atoms with Crippen molar-refractivity contribution in [2.45, 2.75) is 6.54 Å². The number of carbonyl (C=O) groups is 2. The number of phenols is 1. The van der Waals surface area contributed by atoms with Gasteiger partial charge in [0.1, 0.15) is 5.75 Å². The zero-order valence-electron chi connectivity index (χ0n) is 18.5. The fourth-order valence-electron chi connectivity index (χ4n) is 3.12. The smallest absolute Gasteiger partial charge is 0.273 e. The number of hydrazone groups is 1. The van der Waals surface area contributed by atoms with Crippen molar-refractivity contribution in [3.05, 3.63) is 94.0 Å². The van der Waals surface area contributed by atoms with Gasteiger partial charge in [0.25, 0.3) is 11.8 Å². The molecule has 3 rings (SSSR count). The van der Waals surface area contributed by atoms with Gasteiger partial charge in [0, 0.05) is 23.7 Å². The molecule has 9 heteroatoms. The molecule has 0 saturated heterocycles. The van der Waals surface area contributed by atoms with Crippen molar-refractivity contribution in [2.75, 3.05) is 25.5 Å². The van der Waals surface area contributed by atoms with Crippen LogP contribution in [-0.4, -0.2) is 53.3 Å². The molecule has 0 aromatic heterocycles. The fraction of sp³-hybridized carbons (Fsp3) is 0.160. The molecular formula is C25H25ClN4O4. The van der Waals surface area contributed by atoms with Gasteiger partial charge in [-0.1, -0.05) is 23.7 Å². The van der Waals surface area contributed by atoms with Crippen molar-refractivity contribution in [1.82, 2.24) is 10.3 Å². The van der Waals surface area contributed by atoms with Crippen molar-refractivity contribution in [3.63, 3.8) is 0 Å². The van der Waals surface area contributed by atoms with Crippen LogP contribution in [0.2, 0.25) is 5.02 Å². The number of benzene rings is 3. The van der Waals surface area contributed by atoms with E-state index >= 15 is 0 Å². The Morgan fingerprint density at radius 2 is 1.74 bits per heavy atom. The number of rotatable bonds is 9. The van der Waals surface area contributed by atoms with Crippen LogP contribution in [0.3, 0.4) is 0 Å². The first-order valence-corrected chi connectivity index (χ1v) is 10.8. The summed E-state index contributed by atoms with van der Waals surface area (Å²) in [6, 6.07) is 18.0. The normalized spacial score (nSPS) is 11.1. The van der Waals surface area contributed by atoms with Crippen molar-refractivity contribution in [3.8, 4) is 5.75 Å². The Bertz CT molecular complexity index is 1160. The van der Waals surface area contributed by atoms with E-state index in [0.29, 0.717) is 34.9 Å². The summed E-state index contributed by atoms with van der Waals surface area (Å²) in [4.78, 5) is 27.4. The van der Waals surface area contributed by atoms with E-state index in [0.717, 1.165) is 5.56 Å². The predicted molar refractivity (Wildman–Crippen MR) is 132 cm³/mol. The van der Waals surface area contributed by atoms with Crippen molar-refractivity contribution in [2.24, 2.45) is 5.10 Å². The van der Waals surface area contributed by atoms with Crippen molar-refractivity contribution >= 4 is 35.3 Å². The highest BCUT2D eigenvalue weighted by molar-refractivity contribution is 6.31. The van der Waals surface area contributed by atoms with Gasteiger partial charge >= 0.3 is 0 Å². The van der Waals surface area contributed by atoms with Gasteiger partial charge in [-0.25, -0.2) is 5.43 Å². The van der Waals surface area contributed by atoms with Gasteiger partial charge in [-0.3, -0.25) is 14.5 Å². The zero-order chi connectivity index (χ0) is 24.5. The first-order chi connectivity index (χ1) is 16.4. The number of likely N-dealkylation sites (N-methyl/N-ethyl adjacent to an activating group) is 1. The topological polar surface area (TPSA) is 114 Å². The summed E-state index contributed by atoms with van der Waals surface area (Å²) in [7, 11) is 1.90. The summed E-state index contributed by atoms with van der Waals surface area (Å²) >= 11 is 6.07. The van der Waals surface area contributed by atoms with Crippen LogP contribution in [0, 0.1) is 0 Å². The molecule has 0 saturated carbocycles. The Balaban J connectivity index is 1.68. The Hall–Kier alpha value is -3.72. The molecule has 0 aliphatic heterocycles. The number of carbonyl (C=O) groups excluding carboxylic acids is 2. The average molecular weight is 481 g/mol. The Morgan fingerprint density at radius 3 is 2.41 bits per heavy atom. The van der Waals surface area contributed by atoms with Gasteiger partial charge < -0.3 is 15.5 Å². The number of aliphatic hydroxyl groups is 1. The van der Waals surface area contributed by atoms with Gasteiger partial charge in [0.15, 0.2) is 0 Å². The number of phenolic OH excluding ortho intramolecular Hbond substituents is 1. The van der Waals surface area contributed by atoms with Crippen LogP contribution in [0.1, 0.15) is 31.8 Å². The number of amides is 2. The molecule has 2 amide bonds. The van der Waals surface area contributed by atoms with Gasteiger partial charge in [0.2, 0.25) is 0 Å². The standard InChI is InChI=1S/C25H25ClN4O4/c1-30(12-13-31)16-18-2-6-19(7-3-18)24(33)28-23-11-8-20(26)14-22(23)25(34)29-27-15-17-4-9-21(32)10-5-17/h2-11,14-15,31-32H,12-13,16H2,1H3,(H,28,33)(H,29,34). The third-order valence-electron chi connectivity index (χ3n) is 4.90. The summed E-state index contributed by atoms with van der Waals surface area (Å²) in [6.45, 7) is 1.29. The van der Waals surface area contributed by atoms with E-state index in [9.17, 15) is 14.7 Å². The lowest BCUT2D eigenvalue weighted by molar-refractivity contribution is 0.0956. The van der Waals surface area contributed by atoms with E-state index in [1.807, 2.05) is 24.1 Å². The Morgan fingerprint density at radius 1 is 1.03 bits per heavy atom. The number of nitrogens with one attached hydrogen (secondary N) is 2. The molecule has 34 heavy (non-hydrogen) atoms. The van der Waals surface area contributed by atoms with E-state index in [1.165, 1.54) is 24.4 Å². The summed E-state index contributed by atoms with van der Waals surface area (Å²) in [6.07, 6.45) is 1.43. The molecule has 4 N–H and O–H groups in total. The van der Waals surface area contributed by atoms with Crippen LogP contribution in [-0.2, 0) is 6.54 Å². The number of nitrogens with zero attached hydrogens (tertiary/aromatic N) is 2. The van der Waals surface area contributed by atoms with Crippen LogP contribution in [0.5, 0.6) is 5.75 Å². The van der Waals surface area contributed by atoms with E-state index in [1.54, 1.807) is 36.4 Å². The molecule has 0 atom stereocenters. The number of aliphatic hydroxyl groups excluding tert-OH is 1.